The van der Waals surface area contributed by atoms with Crippen LogP contribution in [-0.4, -0.2) is 11.6 Å². The van der Waals surface area contributed by atoms with Crippen LogP contribution in [-0.2, 0) is 9.59 Å². The van der Waals surface area contributed by atoms with Crippen molar-refractivity contribution in [2.45, 2.75) is 72.1 Å². The van der Waals surface area contributed by atoms with Crippen molar-refractivity contribution in [1.29, 1.82) is 0 Å². The highest BCUT2D eigenvalue weighted by Gasteiger charge is 2.62. The maximum Gasteiger partial charge on any atom is 0.139 e. The van der Waals surface area contributed by atoms with Gasteiger partial charge in [-0.25, -0.2) is 0 Å². The molecule has 0 spiro atoms. The number of ketones is 2. The molecule has 122 valence electrons. The van der Waals surface area contributed by atoms with Crippen LogP contribution in [0.25, 0.3) is 0 Å². The molecular formula is C20H30O2. The highest BCUT2D eigenvalue weighted by Crippen LogP contribution is 2.64. The van der Waals surface area contributed by atoms with Gasteiger partial charge in [0, 0.05) is 24.2 Å². The Labute approximate surface area is 134 Å². The number of hydrogen-bond donors (Lipinski definition) is 0. The van der Waals surface area contributed by atoms with E-state index < -0.39 is 0 Å². The summed E-state index contributed by atoms with van der Waals surface area (Å²) in [6.45, 7) is 6.99. The number of hydrogen-bond acceptors (Lipinski definition) is 2. The smallest absolute Gasteiger partial charge is 0.139 e. The first kappa shape index (κ1) is 14.9. The molecule has 0 saturated heterocycles. The van der Waals surface area contributed by atoms with Crippen molar-refractivity contribution in [1.82, 2.24) is 0 Å². The summed E-state index contributed by atoms with van der Waals surface area (Å²) in [5.41, 5.74) is 0.181. The standard InChI is InChI=1S/C20H30O2/c1-12-6-8-19(2)13(10-12)11-16(21)18-14-4-5-17(22)20(14,3)9-7-15(18)19/h12-15,18H,4-11H2,1-3H3/t12-,13+,14-,15-,18-,19-,20-/m0/s1. The molecule has 4 saturated carbocycles. The fourth-order valence-corrected chi connectivity index (χ4v) is 6.92. The zero-order chi connectivity index (χ0) is 15.7. The Kier molecular flexibility index (Phi) is 3.17. The van der Waals surface area contributed by atoms with Gasteiger partial charge < -0.3 is 0 Å². The van der Waals surface area contributed by atoms with Gasteiger partial charge in [-0.15, -0.1) is 0 Å². The van der Waals surface area contributed by atoms with Crippen molar-refractivity contribution < 1.29 is 9.59 Å². The molecule has 0 N–H and O–H groups in total. The maximum absolute atomic E-state index is 13.0. The Hall–Kier alpha value is -0.660. The highest BCUT2D eigenvalue weighted by atomic mass is 16.1. The Morgan fingerprint density at radius 2 is 1.77 bits per heavy atom. The predicted octanol–water partition coefficient (Wildman–Crippen LogP) is 4.41. The molecule has 0 amide bonds. The lowest BCUT2D eigenvalue weighted by Gasteiger charge is -2.59. The number of carbonyl (C=O) groups is 2. The Balaban J connectivity index is 1.70. The zero-order valence-corrected chi connectivity index (χ0v) is 14.4. The van der Waals surface area contributed by atoms with Crippen LogP contribution in [0.3, 0.4) is 0 Å². The summed E-state index contributed by atoms with van der Waals surface area (Å²) in [6.07, 6.45) is 8.48. The van der Waals surface area contributed by atoms with Crippen molar-refractivity contribution in [2.24, 2.45) is 40.4 Å². The predicted molar refractivity (Wildman–Crippen MR) is 86.3 cm³/mol. The van der Waals surface area contributed by atoms with Crippen molar-refractivity contribution in [3.8, 4) is 0 Å². The normalized spacial score (nSPS) is 54.6. The second-order valence-electron chi connectivity index (χ2n) is 9.41. The van der Waals surface area contributed by atoms with Gasteiger partial charge in [-0.1, -0.05) is 27.2 Å². The van der Waals surface area contributed by atoms with E-state index in [2.05, 4.69) is 20.8 Å². The van der Waals surface area contributed by atoms with Crippen LogP contribution < -0.4 is 0 Å². The minimum atomic E-state index is -0.179. The van der Waals surface area contributed by atoms with Crippen molar-refractivity contribution >= 4 is 11.6 Å². The minimum Gasteiger partial charge on any atom is -0.299 e. The Morgan fingerprint density at radius 1 is 1.00 bits per heavy atom. The number of carbonyl (C=O) groups excluding carboxylic acids is 2. The van der Waals surface area contributed by atoms with Gasteiger partial charge in [-0.05, 0) is 61.2 Å². The number of fused-ring (bicyclic) bond motifs is 5. The first-order valence-corrected chi connectivity index (χ1v) is 9.42. The molecule has 0 aromatic heterocycles. The average molecular weight is 302 g/mol. The molecule has 0 aliphatic heterocycles. The lowest BCUT2D eigenvalue weighted by atomic mass is 9.44. The van der Waals surface area contributed by atoms with E-state index in [1.165, 1.54) is 19.3 Å². The lowest BCUT2D eigenvalue weighted by Crippen LogP contribution is -2.56. The molecule has 0 bridgehead atoms. The molecule has 2 heteroatoms. The van der Waals surface area contributed by atoms with E-state index in [1.54, 1.807) is 0 Å². The molecule has 0 heterocycles. The third-order valence-electron chi connectivity index (χ3n) is 8.44. The first-order chi connectivity index (χ1) is 10.4. The summed E-state index contributed by atoms with van der Waals surface area (Å²) in [5.74, 6) is 3.43. The van der Waals surface area contributed by atoms with Gasteiger partial charge in [0.05, 0.1) is 0 Å². The molecule has 4 rings (SSSR count). The van der Waals surface area contributed by atoms with E-state index in [0.29, 0.717) is 34.7 Å². The van der Waals surface area contributed by atoms with Crippen LogP contribution in [0.15, 0.2) is 0 Å². The van der Waals surface area contributed by atoms with E-state index >= 15 is 0 Å². The van der Waals surface area contributed by atoms with Crippen LogP contribution in [0, 0.1) is 40.4 Å². The highest BCUT2D eigenvalue weighted by molar-refractivity contribution is 5.90. The molecule has 4 aliphatic carbocycles. The third-order valence-corrected chi connectivity index (χ3v) is 8.44. The molecule has 22 heavy (non-hydrogen) atoms. The third kappa shape index (κ3) is 1.79. The monoisotopic (exact) mass is 302 g/mol. The molecule has 0 aromatic rings. The quantitative estimate of drug-likeness (QED) is 0.664. The Morgan fingerprint density at radius 3 is 2.55 bits per heavy atom. The van der Waals surface area contributed by atoms with Crippen LogP contribution in [0.4, 0.5) is 0 Å². The topological polar surface area (TPSA) is 34.1 Å². The van der Waals surface area contributed by atoms with Crippen LogP contribution in [0.5, 0.6) is 0 Å². The average Bonchev–Trinajstić information content (AvgIpc) is 2.77. The summed E-state index contributed by atoms with van der Waals surface area (Å²) in [5, 5.41) is 0. The second kappa shape index (κ2) is 4.68. The zero-order valence-electron chi connectivity index (χ0n) is 14.4. The molecule has 0 unspecified atom stereocenters. The summed E-state index contributed by atoms with van der Waals surface area (Å²) in [4.78, 5) is 25.4. The Bertz CT molecular complexity index is 524. The minimum absolute atomic E-state index is 0.179. The molecule has 7 atom stereocenters. The van der Waals surface area contributed by atoms with Gasteiger partial charge in [0.25, 0.3) is 0 Å². The molecule has 4 aliphatic rings. The summed E-state index contributed by atoms with van der Waals surface area (Å²) < 4.78 is 0. The van der Waals surface area contributed by atoms with E-state index in [1.807, 2.05) is 0 Å². The van der Waals surface area contributed by atoms with Crippen LogP contribution in [0.2, 0.25) is 0 Å². The van der Waals surface area contributed by atoms with Crippen molar-refractivity contribution in [3.63, 3.8) is 0 Å². The van der Waals surface area contributed by atoms with Crippen molar-refractivity contribution in [3.05, 3.63) is 0 Å². The van der Waals surface area contributed by atoms with Crippen LogP contribution >= 0.6 is 0 Å². The van der Waals surface area contributed by atoms with E-state index in [9.17, 15) is 9.59 Å². The van der Waals surface area contributed by atoms with Crippen molar-refractivity contribution in [2.75, 3.05) is 0 Å². The van der Waals surface area contributed by atoms with E-state index in [0.717, 1.165) is 38.0 Å². The maximum atomic E-state index is 13.0. The van der Waals surface area contributed by atoms with Gasteiger partial charge in [-0.3, -0.25) is 9.59 Å². The van der Waals surface area contributed by atoms with Gasteiger partial charge >= 0.3 is 0 Å². The SMILES string of the molecule is C[C@H]1CC[C@@]2(C)[C@@H](CC(=O)[C@@H]3[C@@H]2CC[C@]2(C)C(=O)CC[C@@H]32)C1. The molecule has 2 nitrogen and oxygen atoms in total. The van der Waals surface area contributed by atoms with Gasteiger partial charge in [-0.2, -0.15) is 0 Å². The lowest BCUT2D eigenvalue weighted by molar-refractivity contribution is -0.158. The summed E-state index contributed by atoms with van der Waals surface area (Å²) in [7, 11) is 0. The second-order valence-corrected chi connectivity index (χ2v) is 9.41. The number of Topliss-reactive ketones (excluding diaryl/α,β-unsaturated/α-hetero) is 2. The first-order valence-electron chi connectivity index (χ1n) is 9.42. The fourth-order valence-electron chi connectivity index (χ4n) is 6.92. The van der Waals surface area contributed by atoms with E-state index in [-0.39, 0.29) is 11.3 Å². The summed E-state index contributed by atoms with van der Waals surface area (Å²) in [6, 6.07) is 0. The van der Waals surface area contributed by atoms with Crippen LogP contribution in [0.1, 0.15) is 72.1 Å². The van der Waals surface area contributed by atoms with Gasteiger partial charge in [0.2, 0.25) is 0 Å². The molecule has 0 radical (unpaired) electrons. The van der Waals surface area contributed by atoms with E-state index in [4.69, 9.17) is 0 Å². The number of rotatable bonds is 0. The van der Waals surface area contributed by atoms with Gasteiger partial charge in [0.1, 0.15) is 11.6 Å². The molecular weight excluding hydrogens is 272 g/mol. The summed E-state index contributed by atoms with van der Waals surface area (Å²) >= 11 is 0. The largest absolute Gasteiger partial charge is 0.299 e. The van der Waals surface area contributed by atoms with Gasteiger partial charge in [0.15, 0.2) is 0 Å². The molecule has 4 fully saturated rings. The fraction of sp³-hybridized carbons (Fsp3) is 0.900. The molecule has 0 aromatic carbocycles.